The molecule has 1 aliphatic rings. The van der Waals surface area contributed by atoms with E-state index >= 15 is 0 Å². The first kappa shape index (κ1) is 13.6. The fourth-order valence-corrected chi connectivity index (χ4v) is 2.76. The summed E-state index contributed by atoms with van der Waals surface area (Å²) in [5.41, 5.74) is 2.88. The standard InChI is InChI=1S/C15H18N4O2/c1-2-3-6-12-11-9-10-16-15(11)18(17-12)13-7-4-5-8-14(13)19(20)21/h4-5,7-8,16H,2-3,6,9-10H2,1H3. The van der Waals surface area contributed by atoms with E-state index in [1.165, 1.54) is 11.6 Å². The van der Waals surface area contributed by atoms with Gasteiger partial charge in [-0.25, -0.2) is 4.68 Å². The molecule has 3 rings (SSSR count). The summed E-state index contributed by atoms with van der Waals surface area (Å²) < 4.78 is 1.70. The molecule has 0 spiro atoms. The lowest BCUT2D eigenvalue weighted by Crippen LogP contribution is -2.07. The van der Waals surface area contributed by atoms with Crippen LogP contribution in [-0.4, -0.2) is 21.2 Å². The van der Waals surface area contributed by atoms with E-state index in [0.717, 1.165) is 43.7 Å². The van der Waals surface area contributed by atoms with Crippen LogP contribution >= 0.6 is 0 Å². The number of hydrogen-bond acceptors (Lipinski definition) is 4. The molecule has 1 aliphatic heterocycles. The summed E-state index contributed by atoms with van der Waals surface area (Å²) in [5, 5.41) is 19.2. The van der Waals surface area contributed by atoms with Gasteiger partial charge in [-0.1, -0.05) is 25.5 Å². The number of unbranched alkanes of at least 4 members (excludes halogenated alkanes) is 1. The molecule has 0 saturated carbocycles. The minimum absolute atomic E-state index is 0.0820. The number of nitro groups is 1. The van der Waals surface area contributed by atoms with Crippen molar-refractivity contribution in [3.05, 3.63) is 45.6 Å². The number of rotatable bonds is 5. The van der Waals surface area contributed by atoms with Gasteiger partial charge in [0.2, 0.25) is 0 Å². The lowest BCUT2D eigenvalue weighted by molar-refractivity contribution is -0.384. The van der Waals surface area contributed by atoms with Crippen LogP contribution in [0.5, 0.6) is 0 Å². The Balaban J connectivity index is 2.09. The van der Waals surface area contributed by atoms with E-state index in [2.05, 4.69) is 17.3 Å². The van der Waals surface area contributed by atoms with Crippen molar-refractivity contribution in [2.24, 2.45) is 0 Å². The summed E-state index contributed by atoms with van der Waals surface area (Å²) in [6.07, 6.45) is 4.06. The third-order valence-electron chi connectivity index (χ3n) is 3.81. The van der Waals surface area contributed by atoms with Crippen molar-refractivity contribution < 1.29 is 4.92 Å². The zero-order valence-corrected chi connectivity index (χ0v) is 12.0. The van der Waals surface area contributed by atoms with Crippen LogP contribution in [0.25, 0.3) is 5.69 Å². The molecule has 0 amide bonds. The minimum atomic E-state index is -0.357. The lowest BCUT2D eigenvalue weighted by atomic mass is 10.1. The van der Waals surface area contributed by atoms with Gasteiger partial charge in [-0.15, -0.1) is 0 Å². The van der Waals surface area contributed by atoms with Crippen LogP contribution in [0.4, 0.5) is 11.5 Å². The van der Waals surface area contributed by atoms with Gasteiger partial charge in [0.25, 0.3) is 5.69 Å². The van der Waals surface area contributed by atoms with Crippen molar-refractivity contribution >= 4 is 11.5 Å². The molecule has 110 valence electrons. The number of aryl methyl sites for hydroxylation is 1. The Labute approximate surface area is 122 Å². The summed E-state index contributed by atoms with van der Waals surface area (Å²) in [4.78, 5) is 10.9. The van der Waals surface area contributed by atoms with Gasteiger partial charge in [-0.2, -0.15) is 5.10 Å². The molecule has 0 atom stereocenters. The molecule has 21 heavy (non-hydrogen) atoms. The van der Waals surface area contributed by atoms with Gasteiger partial charge in [0.1, 0.15) is 11.5 Å². The van der Waals surface area contributed by atoms with Crippen molar-refractivity contribution in [2.45, 2.75) is 32.6 Å². The monoisotopic (exact) mass is 286 g/mol. The summed E-state index contributed by atoms with van der Waals surface area (Å²) in [6, 6.07) is 6.74. The molecule has 0 fully saturated rings. The van der Waals surface area contributed by atoms with E-state index in [4.69, 9.17) is 0 Å². The summed E-state index contributed by atoms with van der Waals surface area (Å²) >= 11 is 0. The highest BCUT2D eigenvalue weighted by Gasteiger charge is 2.25. The van der Waals surface area contributed by atoms with Gasteiger partial charge >= 0.3 is 0 Å². The first-order valence-electron chi connectivity index (χ1n) is 7.30. The Bertz CT molecular complexity index is 678. The molecule has 0 unspecified atom stereocenters. The van der Waals surface area contributed by atoms with Crippen molar-refractivity contribution in [2.75, 3.05) is 11.9 Å². The zero-order chi connectivity index (χ0) is 14.8. The SMILES string of the molecule is CCCCc1nn(-c2ccccc2[N+](=O)[O-])c2c1CCN2. The van der Waals surface area contributed by atoms with Gasteiger partial charge < -0.3 is 5.32 Å². The molecule has 0 bridgehead atoms. The number of anilines is 1. The molecule has 2 heterocycles. The second-order valence-electron chi connectivity index (χ2n) is 5.21. The number of aromatic nitrogens is 2. The molecule has 1 aromatic heterocycles. The third kappa shape index (κ3) is 2.37. The van der Waals surface area contributed by atoms with Crippen LogP contribution in [0.15, 0.2) is 24.3 Å². The topological polar surface area (TPSA) is 73.0 Å². The van der Waals surface area contributed by atoms with Gasteiger partial charge in [0, 0.05) is 18.2 Å². The average Bonchev–Trinajstić information content (AvgIpc) is 3.07. The predicted molar refractivity (Wildman–Crippen MR) is 81.0 cm³/mol. The molecule has 0 saturated heterocycles. The number of nitrogens with one attached hydrogen (secondary N) is 1. The second-order valence-corrected chi connectivity index (χ2v) is 5.21. The molecule has 6 heteroatoms. The molecule has 2 aromatic rings. The minimum Gasteiger partial charge on any atom is -0.369 e. The highest BCUT2D eigenvalue weighted by molar-refractivity contribution is 5.61. The maximum atomic E-state index is 11.2. The van der Waals surface area contributed by atoms with E-state index < -0.39 is 0 Å². The summed E-state index contributed by atoms with van der Waals surface area (Å²) in [6.45, 7) is 3.02. The molecule has 1 aromatic carbocycles. The third-order valence-corrected chi connectivity index (χ3v) is 3.81. The first-order valence-corrected chi connectivity index (χ1v) is 7.30. The highest BCUT2D eigenvalue weighted by atomic mass is 16.6. The number of para-hydroxylation sites is 2. The van der Waals surface area contributed by atoms with E-state index in [-0.39, 0.29) is 10.6 Å². The number of hydrogen-bond donors (Lipinski definition) is 1. The summed E-state index contributed by atoms with van der Waals surface area (Å²) in [5.74, 6) is 0.912. The van der Waals surface area contributed by atoms with E-state index in [0.29, 0.717) is 5.69 Å². The number of nitrogens with zero attached hydrogens (tertiary/aromatic N) is 3. The Kier molecular flexibility index (Phi) is 3.60. The van der Waals surface area contributed by atoms with Gasteiger partial charge in [0.15, 0.2) is 0 Å². The van der Waals surface area contributed by atoms with E-state index in [1.807, 2.05) is 0 Å². The van der Waals surface area contributed by atoms with E-state index in [1.54, 1.807) is 22.9 Å². The van der Waals surface area contributed by atoms with Crippen LogP contribution in [0.2, 0.25) is 0 Å². The fourth-order valence-electron chi connectivity index (χ4n) is 2.76. The average molecular weight is 286 g/mol. The first-order chi connectivity index (χ1) is 10.2. The second kappa shape index (κ2) is 5.55. The normalized spacial score (nSPS) is 13.0. The van der Waals surface area contributed by atoms with Crippen molar-refractivity contribution in [1.82, 2.24) is 9.78 Å². The fraction of sp³-hybridized carbons (Fsp3) is 0.400. The van der Waals surface area contributed by atoms with Crippen molar-refractivity contribution in [1.29, 1.82) is 0 Å². The van der Waals surface area contributed by atoms with Gasteiger partial charge in [0.05, 0.1) is 10.6 Å². The molecular formula is C15H18N4O2. The Morgan fingerprint density at radius 1 is 1.43 bits per heavy atom. The maximum absolute atomic E-state index is 11.2. The highest BCUT2D eigenvalue weighted by Crippen LogP contribution is 2.32. The molecular weight excluding hydrogens is 268 g/mol. The lowest BCUT2D eigenvalue weighted by Gasteiger charge is -2.06. The quantitative estimate of drug-likeness (QED) is 0.677. The molecule has 0 aliphatic carbocycles. The van der Waals surface area contributed by atoms with Crippen LogP contribution in [0.1, 0.15) is 31.0 Å². The van der Waals surface area contributed by atoms with Crippen LogP contribution in [0, 0.1) is 10.1 Å². The van der Waals surface area contributed by atoms with Gasteiger partial charge in [-0.05, 0) is 25.3 Å². The zero-order valence-electron chi connectivity index (χ0n) is 12.0. The van der Waals surface area contributed by atoms with Crippen LogP contribution in [0.3, 0.4) is 0 Å². The maximum Gasteiger partial charge on any atom is 0.294 e. The molecule has 0 radical (unpaired) electrons. The Hall–Kier alpha value is -2.37. The van der Waals surface area contributed by atoms with Crippen LogP contribution in [-0.2, 0) is 12.8 Å². The van der Waals surface area contributed by atoms with Crippen molar-refractivity contribution in [3.63, 3.8) is 0 Å². The predicted octanol–water partition coefficient (Wildman–Crippen LogP) is 3.09. The van der Waals surface area contributed by atoms with E-state index in [9.17, 15) is 10.1 Å². The van der Waals surface area contributed by atoms with Crippen LogP contribution < -0.4 is 5.32 Å². The smallest absolute Gasteiger partial charge is 0.294 e. The largest absolute Gasteiger partial charge is 0.369 e. The van der Waals surface area contributed by atoms with Gasteiger partial charge in [-0.3, -0.25) is 10.1 Å². The molecule has 6 nitrogen and oxygen atoms in total. The number of benzene rings is 1. The number of fused-ring (bicyclic) bond motifs is 1. The Morgan fingerprint density at radius 2 is 2.24 bits per heavy atom. The summed E-state index contributed by atoms with van der Waals surface area (Å²) in [7, 11) is 0. The molecule has 1 N–H and O–H groups in total. The number of nitro benzene ring substituents is 1. The van der Waals surface area contributed by atoms with Crippen molar-refractivity contribution in [3.8, 4) is 5.69 Å². The Morgan fingerprint density at radius 3 is 3.00 bits per heavy atom.